The van der Waals surface area contributed by atoms with Gasteiger partial charge in [0.2, 0.25) is 5.95 Å². The molecule has 1 aliphatic heterocycles. The molecule has 0 saturated carbocycles. The second-order valence-electron chi connectivity index (χ2n) is 14.8. The topological polar surface area (TPSA) is 34.0 Å². The summed E-state index contributed by atoms with van der Waals surface area (Å²) in [4.78, 5) is 13.5. The average molecular weight is 691 g/mol. The van der Waals surface area contributed by atoms with Crippen LogP contribution >= 0.6 is 0 Å². The van der Waals surface area contributed by atoms with Gasteiger partial charge in [-0.2, -0.15) is 0 Å². The van der Waals surface area contributed by atoms with Crippen molar-refractivity contribution in [2.24, 2.45) is 0 Å². The van der Waals surface area contributed by atoms with Crippen molar-refractivity contribution in [1.29, 1.82) is 0 Å². The first-order chi connectivity index (χ1) is 26.8. The molecule has 4 heteroatoms. The molecule has 4 nitrogen and oxygen atoms in total. The lowest BCUT2D eigenvalue weighted by atomic mass is 9.70. The minimum absolute atomic E-state index is 0.0610. The zero-order valence-corrected chi connectivity index (χ0v) is 29.5. The molecule has 0 bridgehead atoms. The summed E-state index contributed by atoms with van der Waals surface area (Å²) in [5.41, 5.74) is 18.9. The van der Waals surface area contributed by atoms with Crippen molar-refractivity contribution < 1.29 is 0 Å². The fraction of sp³-hybridized carbons (Fsp3) is 0.0800. The Morgan fingerprint density at radius 3 is 2.13 bits per heavy atom. The Morgan fingerprint density at radius 1 is 0.537 bits per heavy atom. The number of anilines is 2. The van der Waals surface area contributed by atoms with E-state index >= 15 is 0 Å². The van der Waals surface area contributed by atoms with E-state index in [1.807, 2.05) is 0 Å². The molecule has 7 aromatic carbocycles. The van der Waals surface area contributed by atoms with Crippen LogP contribution in [-0.4, -0.2) is 14.5 Å². The Morgan fingerprint density at radius 2 is 1.24 bits per heavy atom. The molecular weight excluding hydrogens is 657 g/mol. The van der Waals surface area contributed by atoms with Crippen molar-refractivity contribution >= 4 is 33.4 Å². The molecule has 3 aliphatic rings. The quantitative estimate of drug-likeness (QED) is 0.185. The van der Waals surface area contributed by atoms with Gasteiger partial charge in [0.15, 0.2) is 0 Å². The van der Waals surface area contributed by atoms with Crippen molar-refractivity contribution in [3.63, 3.8) is 0 Å². The summed E-state index contributed by atoms with van der Waals surface area (Å²) in [5.74, 6) is 0.785. The number of rotatable bonds is 3. The summed E-state index contributed by atoms with van der Waals surface area (Å²) in [6, 6.07) is 61.6. The third-order valence-electron chi connectivity index (χ3n) is 12.1. The number of nitrogens with zero attached hydrogens (tertiary/aromatic N) is 4. The van der Waals surface area contributed by atoms with Gasteiger partial charge in [-0.1, -0.05) is 140 Å². The summed E-state index contributed by atoms with van der Waals surface area (Å²) >= 11 is 0. The number of aryl methyl sites for hydroxylation is 1. The number of aromatic nitrogens is 3. The molecule has 2 aliphatic carbocycles. The van der Waals surface area contributed by atoms with Gasteiger partial charge in [-0.15, -0.1) is 0 Å². The fourth-order valence-corrected chi connectivity index (χ4v) is 9.95. The lowest BCUT2D eigenvalue weighted by Gasteiger charge is -2.38. The maximum absolute atomic E-state index is 5.55. The molecule has 0 N–H and O–H groups in total. The highest BCUT2D eigenvalue weighted by Crippen LogP contribution is 2.63. The smallest absolute Gasteiger partial charge is 0.231 e. The first kappa shape index (κ1) is 29.8. The summed E-state index contributed by atoms with van der Waals surface area (Å²) in [5, 5.41) is 2.32. The van der Waals surface area contributed by atoms with Crippen LogP contribution in [0, 0.1) is 0 Å². The van der Waals surface area contributed by atoms with E-state index in [0.717, 1.165) is 46.6 Å². The number of hydrogen-bond acceptors (Lipinski definition) is 3. The molecule has 0 fully saturated rings. The monoisotopic (exact) mass is 690 g/mol. The summed E-state index contributed by atoms with van der Waals surface area (Å²) < 4.78 is 2.53. The predicted molar refractivity (Wildman–Crippen MR) is 220 cm³/mol. The number of para-hydroxylation sites is 4. The predicted octanol–water partition coefficient (Wildman–Crippen LogP) is 12.0. The molecule has 0 amide bonds. The van der Waals surface area contributed by atoms with Crippen LogP contribution in [0.5, 0.6) is 0 Å². The van der Waals surface area contributed by atoms with Gasteiger partial charge >= 0.3 is 0 Å². The van der Waals surface area contributed by atoms with Gasteiger partial charge in [-0.05, 0) is 82.1 Å². The zero-order valence-electron chi connectivity index (χ0n) is 29.5. The van der Waals surface area contributed by atoms with Gasteiger partial charge < -0.3 is 9.47 Å². The second kappa shape index (κ2) is 11.4. The van der Waals surface area contributed by atoms with Crippen LogP contribution in [0.25, 0.3) is 61.0 Å². The van der Waals surface area contributed by atoms with E-state index in [-0.39, 0.29) is 12.0 Å². The van der Waals surface area contributed by atoms with Gasteiger partial charge in [0.25, 0.3) is 0 Å². The zero-order chi connectivity index (χ0) is 35.3. The van der Waals surface area contributed by atoms with Crippen LogP contribution in [0.4, 0.5) is 11.6 Å². The van der Waals surface area contributed by atoms with Gasteiger partial charge in [-0.25, -0.2) is 9.97 Å². The van der Waals surface area contributed by atoms with E-state index in [1.54, 1.807) is 0 Å². The molecule has 3 heterocycles. The van der Waals surface area contributed by atoms with E-state index in [1.165, 1.54) is 66.8 Å². The van der Waals surface area contributed by atoms with Crippen LogP contribution in [-0.2, 0) is 12.8 Å². The minimum atomic E-state index is -0.106. The van der Waals surface area contributed by atoms with E-state index in [2.05, 4.69) is 179 Å². The Kier molecular flexibility index (Phi) is 6.26. The Bertz CT molecular complexity index is 2960. The maximum Gasteiger partial charge on any atom is 0.231 e. The molecule has 9 aromatic rings. The molecule has 2 aromatic heterocycles. The highest BCUT2D eigenvalue weighted by molar-refractivity contribution is 6.04. The van der Waals surface area contributed by atoms with E-state index in [4.69, 9.17) is 9.97 Å². The van der Waals surface area contributed by atoms with Crippen molar-refractivity contribution in [1.82, 2.24) is 14.5 Å². The molecule has 0 radical (unpaired) electrons. The van der Waals surface area contributed by atoms with Crippen LogP contribution in [0.3, 0.4) is 0 Å². The van der Waals surface area contributed by atoms with Crippen molar-refractivity contribution in [3.8, 4) is 39.2 Å². The molecule has 2 unspecified atom stereocenters. The van der Waals surface area contributed by atoms with E-state index in [0.29, 0.717) is 0 Å². The molecule has 12 rings (SSSR count). The van der Waals surface area contributed by atoms with Crippen molar-refractivity contribution in [2.75, 3.05) is 4.90 Å². The molecule has 254 valence electrons. The van der Waals surface area contributed by atoms with Crippen LogP contribution in [0.1, 0.15) is 39.9 Å². The van der Waals surface area contributed by atoms with Gasteiger partial charge in [0, 0.05) is 39.2 Å². The highest BCUT2D eigenvalue weighted by atomic mass is 15.3. The average Bonchev–Trinajstić information content (AvgIpc) is 3.77. The lowest BCUT2D eigenvalue weighted by Crippen LogP contribution is -2.30. The molecule has 0 spiro atoms. The molecular formula is C50H34N4. The van der Waals surface area contributed by atoms with E-state index in [9.17, 15) is 0 Å². The standard InChI is InChI=1S/C50H34N4/c1-3-16-32(17-4-1)47-37-21-9-12-24-41(37)51-50(52-47)54-43-26-14-11-23-39(43)46-44-36-28-27-31-15-7-8-20-34(31)35(36)29-30-40(44)45-38-22-10-13-25-42(38)53(48(45)49(46)54)33-18-5-2-6-19-33/h1-26,29-30,46,49H,27-28H2. The van der Waals surface area contributed by atoms with Crippen molar-refractivity contribution in [2.45, 2.75) is 24.8 Å². The lowest BCUT2D eigenvalue weighted by molar-refractivity contribution is 0.609. The summed E-state index contributed by atoms with van der Waals surface area (Å²) in [6.07, 6.45) is 2.05. The Balaban J connectivity index is 1.22. The number of hydrogen-bond donors (Lipinski definition) is 0. The largest absolute Gasteiger partial charge is 0.311 e. The SMILES string of the molecule is c1ccc(-c2nc(N3c4ccccc4C4c5c(ccc6c5CCc5ccccc5-6)-c5c(n(-c6ccccc6)c6ccccc56)C43)nc3ccccc23)cc1. The maximum atomic E-state index is 5.55. The first-order valence-electron chi connectivity index (χ1n) is 19.0. The van der Waals surface area contributed by atoms with Crippen LogP contribution in [0.15, 0.2) is 170 Å². The highest BCUT2D eigenvalue weighted by Gasteiger charge is 2.50. The van der Waals surface area contributed by atoms with E-state index < -0.39 is 0 Å². The molecule has 0 saturated heterocycles. The second-order valence-corrected chi connectivity index (χ2v) is 14.8. The molecule has 2 atom stereocenters. The van der Waals surface area contributed by atoms with Crippen LogP contribution < -0.4 is 4.90 Å². The summed E-state index contributed by atoms with van der Waals surface area (Å²) in [7, 11) is 0. The van der Waals surface area contributed by atoms with Crippen LogP contribution in [0.2, 0.25) is 0 Å². The van der Waals surface area contributed by atoms with Crippen molar-refractivity contribution in [3.05, 3.63) is 198 Å². The third-order valence-corrected chi connectivity index (χ3v) is 12.1. The Labute approximate surface area is 313 Å². The number of benzene rings is 7. The number of fused-ring (bicyclic) bond motifs is 15. The Hall–Kier alpha value is -6.78. The fourth-order valence-electron chi connectivity index (χ4n) is 9.95. The van der Waals surface area contributed by atoms with Gasteiger partial charge in [0.05, 0.1) is 28.5 Å². The van der Waals surface area contributed by atoms with Gasteiger partial charge in [-0.3, -0.25) is 0 Å². The first-order valence-corrected chi connectivity index (χ1v) is 19.0. The summed E-state index contributed by atoms with van der Waals surface area (Å²) in [6.45, 7) is 0. The third kappa shape index (κ3) is 4.08. The van der Waals surface area contributed by atoms with Gasteiger partial charge in [0.1, 0.15) is 0 Å². The minimum Gasteiger partial charge on any atom is -0.311 e. The molecule has 54 heavy (non-hydrogen) atoms. The normalized spacial score (nSPS) is 16.3.